The minimum Gasteiger partial charge on any atom is -0.381 e. The molecule has 92 valence electrons. The maximum Gasteiger partial charge on any atom is 0.240 e. The van der Waals surface area contributed by atoms with Crippen molar-refractivity contribution in [3.8, 4) is 0 Å². The van der Waals surface area contributed by atoms with Crippen molar-refractivity contribution in [3.63, 3.8) is 0 Å². The molecule has 4 nitrogen and oxygen atoms in total. The fourth-order valence-corrected chi connectivity index (χ4v) is 2.24. The van der Waals surface area contributed by atoms with Crippen LogP contribution in [0.15, 0.2) is 0 Å². The molecule has 1 saturated heterocycles. The summed E-state index contributed by atoms with van der Waals surface area (Å²) >= 11 is 0. The molecule has 0 bridgehead atoms. The van der Waals surface area contributed by atoms with Crippen LogP contribution in [0.3, 0.4) is 0 Å². The van der Waals surface area contributed by atoms with E-state index >= 15 is 0 Å². The predicted molar refractivity (Wildman–Crippen MR) is 61.9 cm³/mol. The number of nitrogens with two attached hydrogens (primary N) is 1. The van der Waals surface area contributed by atoms with Gasteiger partial charge in [0.25, 0.3) is 0 Å². The lowest BCUT2D eigenvalue weighted by atomic mass is 9.90. The van der Waals surface area contributed by atoms with E-state index in [1.807, 2.05) is 0 Å². The summed E-state index contributed by atoms with van der Waals surface area (Å²) in [4.78, 5) is 12.0. The van der Waals surface area contributed by atoms with Crippen LogP contribution in [0.5, 0.6) is 0 Å². The predicted octanol–water partition coefficient (Wildman–Crippen LogP) is 0.799. The third-order valence-corrected chi connectivity index (χ3v) is 3.60. The van der Waals surface area contributed by atoms with Crippen LogP contribution in [-0.4, -0.2) is 30.7 Å². The van der Waals surface area contributed by atoms with E-state index in [0.717, 1.165) is 12.3 Å². The summed E-state index contributed by atoms with van der Waals surface area (Å²) in [7, 11) is 0. The SMILES string of the molecule is CC(CC1CC1)NC(=O)C1(N)CCOCC1. The van der Waals surface area contributed by atoms with Gasteiger partial charge < -0.3 is 15.8 Å². The molecule has 0 aromatic rings. The van der Waals surface area contributed by atoms with Crippen LogP contribution >= 0.6 is 0 Å². The quantitative estimate of drug-likeness (QED) is 0.745. The lowest BCUT2D eigenvalue weighted by molar-refractivity contribution is -0.130. The van der Waals surface area contributed by atoms with E-state index in [0.29, 0.717) is 26.1 Å². The van der Waals surface area contributed by atoms with Crippen molar-refractivity contribution in [1.29, 1.82) is 0 Å². The molecule has 1 aliphatic carbocycles. The van der Waals surface area contributed by atoms with E-state index in [1.54, 1.807) is 0 Å². The smallest absolute Gasteiger partial charge is 0.240 e. The van der Waals surface area contributed by atoms with Crippen LogP contribution in [0.25, 0.3) is 0 Å². The van der Waals surface area contributed by atoms with Crippen molar-refractivity contribution in [1.82, 2.24) is 5.32 Å². The lowest BCUT2D eigenvalue weighted by Crippen LogP contribution is -2.58. The molecule has 2 rings (SSSR count). The monoisotopic (exact) mass is 226 g/mol. The van der Waals surface area contributed by atoms with Gasteiger partial charge in [-0.3, -0.25) is 4.79 Å². The number of amides is 1. The Morgan fingerprint density at radius 3 is 2.69 bits per heavy atom. The molecule has 16 heavy (non-hydrogen) atoms. The Kier molecular flexibility index (Phi) is 3.50. The van der Waals surface area contributed by atoms with Crippen molar-refractivity contribution >= 4 is 5.91 Å². The highest BCUT2D eigenvalue weighted by molar-refractivity contribution is 5.86. The molecule has 3 N–H and O–H groups in total. The van der Waals surface area contributed by atoms with Crippen LogP contribution in [0.2, 0.25) is 0 Å². The van der Waals surface area contributed by atoms with E-state index in [1.165, 1.54) is 12.8 Å². The van der Waals surface area contributed by atoms with Gasteiger partial charge in [-0.25, -0.2) is 0 Å². The van der Waals surface area contributed by atoms with Gasteiger partial charge in [0.2, 0.25) is 5.91 Å². The Morgan fingerprint density at radius 2 is 2.12 bits per heavy atom. The van der Waals surface area contributed by atoms with Gasteiger partial charge in [-0.1, -0.05) is 12.8 Å². The number of nitrogens with one attached hydrogen (secondary N) is 1. The zero-order valence-electron chi connectivity index (χ0n) is 10.00. The third kappa shape index (κ3) is 2.95. The van der Waals surface area contributed by atoms with Crippen molar-refractivity contribution in [3.05, 3.63) is 0 Å². The van der Waals surface area contributed by atoms with Gasteiger partial charge in [-0.05, 0) is 32.1 Å². The van der Waals surface area contributed by atoms with E-state index in [-0.39, 0.29) is 11.9 Å². The molecule has 0 aromatic carbocycles. The van der Waals surface area contributed by atoms with Gasteiger partial charge >= 0.3 is 0 Å². The zero-order chi connectivity index (χ0) is 11.6. The van der Waals surface area contributed by atoms with Crippen LogP contribution in [-0.2, 0) is 9.53 Å². The van der Waals surface area contributed by atoms with Gasteiger partial charge in [-0.15, -0.1) is 0 Å². The summed E-state index contributed by atoms with van der Waals surface area (Å²) in [5.41, 5.74) is 5.41. The normalized spacial score (nSPS) is 26.1. The highest BCUT2D eigenvalue weighted by Crippen LogP contribution is 2.33. The Bertz CT molecular complexity index is 258. The number of carbonyl (C=O) groups is 1. The summed E-state index contributed by atoms with van der Waals surface area (Å²) in [5, 5.41) is 3.04. The fourth-order valence-electron chi connectivity index (χ4n) is 2.24. The molecule has 4 heteroatoms. The summed E-state index contributed by atoms with van der Waals surface area (Å²) in [6.07, 6.45) is 5.01. The molecular formula is C12H22N2O2. The standard InChI is InChI=1S/C12H22N2O2/c1-9(8-10-2-3-10)14-11(15)12(13)4-6-16-7-5-12/h9-10H,2-8,13H2,1H3,(H,14,15). The molecule has 2 aliphatic rings. The zero-order valence-corrected chi connectivity index (χ0v) is 10.00. The van der Waals surface area contributed by atoms with Gasteiger partial charge in [-0.2, -0.15) is 0 Å². The van der Waals surface area contributed by atoms with Gasteiger partial charge in [0, 0.05) is 19.3 Å². The summed E-state index contributed by atoms with van der Waals surface area (Å²) < 4.78 is 5.23. The van der Waals surface area contributed by atoms with Crippen LogP contribution in [0.1, 0.15) is 39.0 Å². The Hall–Kier alpha value is -0.610. The number of rotatable bonds is 4. The Morgan fingerprint density at radius 1 is 1.50 bits per heavy atom. The number of carbonyl (C=O) groups excluding carboxylic acids is 1. The van der Waals surface area contributed by atoms with Gasteiger partial charge in [0.15, 0.2) is 0 Å². The van der Waals surface area contributed by atoms with Gasteiger partial charge in [0.1, 0.15) is 0 Å². The first-order valence-electron chi connectivity index (χ1n) is 6.28. The van der Waals surface area contributed by atoms with Gasteiger partial charge in [0.05, 0.1) is 5.54 Å². The lowest BCUT2D eigenvalue weighted by Gasteiger charge is -2.33. The molecule has 0 aromatic heterocycles. The molecular weight excluding hydrogens is 204 g/mol. The van der Waals surface area contributed by atoms with Crippen molar-refractivity contribution in [2.75, 3.05) is 13.2 Å². The van der Waals surface area contributed by atoms with Crippen molar-refractivity contribution in [2.24, 2.45) is 11.7 Å². The minimum absolute atomic E-state index is 0.00366. The first kappa shape index (κ1) is 11.9. The summed E-state index contributed by atoms with van der Waals surface area (Å²) in [5.74, 6) is 0.836. The molecule has 1 aliphatic heterocycles. The molecule has 1 atom stereocenters. The fraction of sp³-hybridized carbons (Fsp3) is 0.917. The largest absolute Gasteiger partial charge is 0.381 e. The van der Waals surface area contributed by atoms with E-state index in [4.69, 9.17) is 10.5 Å². The highest BCUT2D eigenvalue weighted by Gasteiger charge is 2.36. The summed E-state index contributed by atoms with van der Waals surface area (Å²) in [6.45, 7) is 3.26. The topological polar surface area (TPSA) is 64.4 Å². The van der Waals surface area contributed by atoms with Crippen LogP contribution in [0, 0.1) is 5.92 Å². The van der Waals surface area contributed by atoms with E-state index in [9.17, 15) is 4.79 Å². The number of hydrogen-bond donors (Lipinski definition) is 2. The molecule has 1 saturated carbocycles. The molecule has 2 fully saturated rings. The minimum atomic E-state index is -0.698. The van der Waals surface area contributed by atoms with E-state index < -0.39 is 5.54 Å². The van der Waals surface area contributed by atoms with Crippen LogP contribution in [0.4, 0.5) is 0 Å². The maximum atomic E-state index is 12.0. The Balaban J connectivity index is 1.80. The number of hydrogen-bond acceptors (Lipinski definition) is 3. The highest BCUT2D eigenvalue weighted by atomic mass is 16.5. The number of ether oxygens (including phenoxy) is 1. The molecule has 0 radical (unpaired) electrons. The first-order chi connectivity index (χ1) is 7.60. The molecule has 1 unspecified atom stereocenters. The average molecular weight is 226 g/mol. The van der Waals surface area contributed by atoms with Crippen molar-refractivity contribution in [2.45, 2.75) is 50.6 Å². The average Bonchev–Trinajstić information content (AvgIpc) is 3.02. The third-order valence-electron chi connectivity index (χ3n) is 3.60. The van der Waals surface area contributed by atoms with Crippen LogP contribution < -0.4 is 11.1 Å². The summed E-state index contributed by atoms with van der Waals surface area (Å²) in [6, 6.07) is 0.253. The second kappa shape index (κ2) is 4.72. The molecule has 0 spiro atoms. The molecule has 1 heterocycles. The van der Waals surface area contributed by atoms with Crippen molar-refractivity contribution < 1.29 is 9.53 Å². The maximum absolute atomic E-state index is 12.0. The van der Waals surface area contributed by atoms with E-state index in [2.05, 4.69) is 12.2 Å². The first-order valence-corrected chi connectivity index (χ1v) is 6.28. The second-order valence-electron chi connectivity index (χ2n) is 5.32. The second-order valence-corrected chi connectivity index (χ2v) is 5.32. The Labute approximate surface area is 96.9 Å². The molecule has 1 amide bonds.